The number of carbonyl (C=O) groups is 2. The smallest absolute Gasteiger partial charge is 0.343 e. The zero-order valence-electron chi connectivity index (χ0n) is 18.4. The Labute approximate surface area is 206 Å². The van der Waals surface area contributed by atoms with Crippen LogP contribution in [-0.4, -0.2) is 38.0 Å². The van der Waals surface area contributed by atoms with Crippen LogP contribution >= 0.6 is 11.6 Å². The van der Waals surface area contributed by atoms with Gasteiger partial charge >= 0.3 is 5.97 Å². The van der Waals surface area contributed by atoms with Gasteiger partial charge in [-0.05, 0) is 48.5 Å². The lowest BCUT2D eigenvalue weighted by Crippen LogP contribution is -2.22. The van der Waals surface area contributed by atoms with Gasteiger partial charge in [0.15, 0.2) is 6.61 Å². The molecule has 180 valence electrons. The van der Waals surface area contributed by atoms with Crippen molar-refractivity contribution in [3.05, 3.63) is 83.5 Å². The number of methoxy groups -OCH3 is 1. The van der Waals surface area contributed by atoms with E-state index in [1.165, 1.54) is 49.6 Å². The van der Waals surface area contributed by atoms with Crippen molar-refractivity contribution in [3.63, 3.8) is 0 Å². The third kappa shape index (κ3) is 4.93. The third-order valence-corrected chi connectivity index (χ3v) is 7.07. The van der Waals surface area contributed by atoms with Crippen molar-refractivity contribution in [1.82, 2.24) is 3.97 Å². The van der Waals surface area contributed by atoms with Gasteiger partial charge in [0.1, 0.15) is 11.4 Å². The molecule has 0 bridgehead atoms. The van der Waals surface area contributed by atoms with E-state index in [4.69, 9.17) is 22.1 Å². The molecule has 0 unspecified atom stereocenters. The molecule has 4 rings (SSSR count). The number of nitrogens with one attached hydrogen (secondary N) is 1. The van der Waals surface area contributed by atoms with Crippen LogP contribution in [0.3, 0.4) is 0 Å². The number of nitrogens with two attached hydrogens (primary N) is 1. The predicted octanol–water partition coefficient (Wildman–Crippen LogP) is 3.92. The van der Waals surface area contributed by atoms with E-state index in [1.807, 2.05) is 0 Å². The maximum atomic E-state index is 13.5. The van der Waals surface area contributed by atoms with Gasteiger partial charge in [-0.1, -0.05) is 29.8 Å². The molecule has 1 aromatic heterocycles. The number of esters is 1. The van der Waals surface area contributed by atoms with Gasteiger partial charge in [-0.2, -0.15) is 0 Å². The number of nitrogens with zero attached hydrogens (tertiary/aromatic N) is 1. The summed E-state index contributed by atoms with van der Waals surface area (Å²) in [7, 11) is -2.88. The van der Waals surface area contributed by atoms with Crippen molar-refractivity contribution >= 4 is 55.8 Å². The Bertz CT molecular complexity index is 1530. The number of amides is 1. The fourth-order valence-electron chi connectivity index (χ4n) is 3.41. The van der Waals surface area contributed by atoms with Gasteiger partial charge in [-0.25, -0.2) is 17.2 Å². The van der Waals surface area contributed by atoms with Crippen molar-refractivity contribution in [1.29, 1.82) is 0 Å². The van der Waals surface area contributed by atoms with E-state index in [2.05, 4.69) is 10.1 Å². The van der Waals surface area contributed by atoms with Gasteiger partial charge in [0.2, 0.25) is 0 Å². The van der Waals surface area contributed by atoms with Crippen molar-refractivity contribution in [2.45, 2.75) is 4.90 Å². The van der Waals surface area contributed by atoms with Crippen LogP contribution in [-0.2, 0) is 19.6 Å². The van der Waals surface area contributed by atoms with Gasteiger partial charge in [0.25, 0.3) is 15.9 Å². The Hall–Kier alpha value is -4.02. The summed E-state index contributed by atoms with van der Waals surface area (Å²) in [5.41, 5.74) is 6.59. The second-order valence-electron chi connectivity index (χ2n) is 7.38. The first-order valence-corrected chi connectivity index (χ1v) is 12.0. The third-order valence-electron chi connectivity index (χ3n) is 5.09. The van der Waals surface area contributed by atoms with Crippen molar-refractivity contribution < 1.29 is 27.5 Å². The molecule has 4 aromatic rings. The standard InChI is InChI=1S/C24H20ClN3O6S/c1-33-23(29)14-34-17-8-9-20(19(26)13-17)27-24(30)22-12-15-11-16(25)7-10-21(15)28(22)35(31,32)18-5-3-2-4-6-18/h2-13H,14,26H2,1H3,(H,27,30). The van der Waals surface area contributed by atoms with Crippen LogP contribution in [0.5, 0.6) is 5.75 Å². The molecule has 0 spiro atoms. The van der Waals surface area contributed by atoms with Crippen molar-refractivity contribution in [2.75, 3.05) is 24.8 Å². The van der Waals surface area contributed by atoms with Crippen LogP contribution < -0.4 is 15.8 Å². The number of aromatic nitrogens is 1. The Morgan fingerprint density at radius 1 is 1.03 bits per heavy atom. The monoisotopic (exact) mass is 513 g/mol. The molecule has 0 aliphatic heterocycles. The molecule has 3 N–H and O–H groups in total. The first-order valence-electron chi connectivity index (χ1n) is 10.2. The van der Waals surface area contributed by atoms with E-state index in [-0.39, 0.29) is 28.6 Å². The highest BCUT2D eigenvalue weighted by atomic mass is 35.5. The molecule has 0 aliphatic rings. The van der Waals surface area contributed by atoms with Gasteiger partial charge in [0, 0.05) is 16.5 Å². The number of hydrogen-bond donors (Lipinski definition) is 2. The first-order chi connectivity index (χ1) is 16.7. The van der Waals surface area contributed by atoms with Crippen LogP contribution in [0.2, 0.25) is 5.02 Å². The van der Waals surface area contributed by atoms with Crippen LogP contribution in [0.15, 0.2) is 77.7 Å². The van der Waals surface area contributed by atoms with Crippen LogP contribution in [0.25, 0.3) is 10.9 Å². The van der Waals surface area contributed by atoms with Gasteiger partial charge in [0.05, 0.1) is 28.9 Å². The average molecular weight is 514 g/mol. The summed E-state index contributed by atoms with van der Waals surface area (Å²) in [6, 6.07) is 18.3. The van der Waals surface area contributed by atoms with E-state index in [1.54, 1.807) is 30.3 Å². The number of fused-ring (bicyclic) bond motifs is 1. The number of nitrogen functional groups attached to an aromatic ring is 1. The molecule has 9 nitrogen and oxygen atoms in total. The summed E-state index contributed by atoms with van der Waals surface area (Å²) in [5.74, 6) is -0.971. The SMILES string of the molecule is COC(=O)COc1ccc(NC(=O)c2cc3cc(Cl)ccc3n2S(=O)(=O)c2ccccc2)c(N)c1. The van der Waals surface area contributed by atoms with Gasteiger partial charge < -0.3 is 20.5 Å². The molecule has 0 aliphatic carbocycles. The molecule has 35 heavy (non-hydrogen) atoms. The lowest BCUT2D eigenvalue weighted by Gasteiger charge is -2.14. The quantitative estimate of drug-likeness (QED) is 0.283. The molecule has 11 heteroatoms. The highest BCUT2D eigenvalue weighted by molar-refractivity contribution is 7.90. The molecule has 1 amide bonds. The van der Waals surface area contributed by atoms with E-state index in [9.17, 15) is 18.0 Å². The summed E-state index contributed by atoms with van der Waals surface area (Å²) >= 11 is 6.09. The zero-order chi connectivity index (χ0) is 25.2. The topological polar surface area (TPSA) is 130 Å². The van der Waals surface area contributed by atoms with Crippen LogP contribution in [0, 0.1) is 0 Å². The fraction of sp³-hybridized carbons (Fsp3) is 0.0833. The Balaban J connectivity index is 1.72. The molecule has 0 saturated heterocycles. The van der Waals surface area contributed by atoms with Crippen molar-refractivity contribution in [3.8, 4) is 5.75 Å². The molecular weight excluding hydrogens is 494 g/mol. The second-order valence-corrected chi connectivity index (χ2v) is 9.61. The van der Waals surface area contributed by atoms with E-state index < -0.39 is 21.9 Å². The molecule has 1 heterocycles. The molecule has 3 aromatic carbocycles. The molecular formula is C24H20ClN3O6S. The highest BCUT2D eigenvalue weighted by Crippen LogP contribution is 2.30. The molecule has 0 fully saturated rings. The summed E-state index contributed by atoms with van der Waals surface area (Å²) < 4.78 is 37.8. The van der Waals surface area contributed by atoms with Crippen molar-refractivity contribution in [2.24, 2.45) is 0 Å². The summed E-state index contributed by atoms with van der Waals surface area (Å²) in [6.07, 6.45) is 0. The minimum Gasteiger partial charge on any atom is -0.482 e. The number of hydrogen-bond acceptors (Lipinski definition) is 7. The predicted molar refractivity (Wildman–Crippen MR) is 132 cm³/mol. The normalized spacial score (nSPS) is 11.3. The number of rotatable bonds is 7. The van der Waals surface area contributed by atoms with E-state index in [0.29, 0.717) is 21.7 Å². The van der Waals surface area contributed by atoms with E-state index >= 15 is 0 Å². The van der Waals surface area contributed by atoms with Crippen LogP contribution in [0.1, 0.15) is 10.5 Å². The maximum Gasteiger partial charge on any atom is 0.343 e. The number of ether oxygens (including phenoxy) is 2. The summed E-state index contributed by atoms with van der Waals surface area (Å²) in [4.78, 5) is 24.6. The van der Waals surface area contributed by atoms with Gasteiger partial charge in [-0.3, -0.25) is 4.79 Å². The second kappa shape index (κ2) is 9.69. The Kier molecular flexibility index (Phi) is 6.68. The molecule has 0 radical (unpaired) electrons. The lowest BCUT2D eigenvalue weighted by atomic mass is 10.2. The molecule has 0 saturated carbocycles. The lowest BCUT2D eigenvalue weighted by molar-refractivity contribution is -0.142. The summed E-state index contributed by atoms with van der Waals surface area (Å²) in [5, 5.41) is 3.51. The minimum absolute atomic E-state index is 0.0214. The van der Waals surface area contributed by atoms with Gasteiger partial charge in [-0.15, -0.1) is 0 Å². The summed E-state index contributed by atoms with van der Waals surface area (Å²) in [6.45, 7) is -0.304. The maximum absolute atomic E-state index is 13.5. The first kappa shape index (κ1) is 24.1. The Morgan fingerprint density at radius 2 is 1.77 bits per heavy atom. The highest BCUT2D eigenvalue weighted by Gasteiger charge is 2.27. The zero-order valence-corrected chi connectivity index (χ0v) is 20.0. The number of anilines is 2. The number of benzene rings is 3. The Morgan fingerprint density at radius 3 is 2.46 bits per heavy atom. The number of halogens is 1. The van der Waals surface area contributed by atoms with E-state index in [0.717, 1.165) is 3.97 Å². The average Bonchev–Trinajstić information content (AvgIpc) is 3.24. The largest absolute Gasteiger partial charge is 0.482 e. The number of carbonyl (C=O) groups excluding carboxylic acids is 2. The fourth-order valence-corrected chi connectivity index (χ4v) is 5.12. The minimum atomic E-state index is -4.12. The molecule has 0 atom stereocenters. The van der Waals surface area contributed by atoms with Crippen LogP contribution in [0.4, 0.5) is 11.4 Å².